The van der Waals surface area contributed by atoms with Crippen molar-refractivity contribution in [2.75, 3.05) is 18.8 Å². The second kappa shape index (κ2) is 7.39. The summed E-state index contributed by atoms with van der Waals surface area (Å²) in [6.45, 7) is 0.450. The van der Waals surface area contributed by atoms with Crippen LogP contribution in [0.25, 0.3) is 0 Å². The van der Waals surface area contributed by atoms with E-state index in [1.807, 2.05) is 0 Å². The number of thioether (sulfide) groups is 1. The van der Waals surface area contributed by atoms with Gasteiger partial charge in [-0.2, -0.15) is 16.1 Å². The second-order valence-corrected chi connectivity index (χ2v) is 8.92. The summed E-state index contributed by atoms with van der Waals surface area (Å²) in [6.07, 6.45) is 0.367. The molecule has 0 bridgehead atoms. The molecule has 8 heteroatoms. The van der Waals surface area contributed by atoms with Crippen LogP contribution < -0.4 is 0 Å². The Labute approximate surface area is 148 Å². The third-order valence-corrected chi connectivity index (χ3v) is 7.28. The molecular formula is C17H16F3NO2S2. The first-order valence-corrected chi connectivity index (χ1v) is 10.2. The van der Waals surface area contributed by atoms with Crippen molar-refractivity contribution in [3.63, 3.8) is 0 Å². The van der Waals surface area contributed by atoms with Gasteiger partial charge < -0.3 is 0 Å². The average Bonchev–Trinajstić information content (AvgIpc) is 2.84. The predicted molar refractivity (Wildman–Crippen MR) is 91.3 cm³/mol. The Balaban J connectivity index is 1.79. The van der Waals surface area contributed by atoms with Gasteiger partial charge in [0.2, 0.25) is 10.0 Å². The van der Waals surface area contributed by atoms with Gasteiger partial charge in [0, 0.05) is 29.7 Å². The summed E-state index contributed by atoms with van der Waals surface area (Å²) in [6, 6.07) is 7.97. The van der Waals surface area contributed by atoms with Crippen LogP contribution in [0.3, 0.4) is 0 Å². The van der Waals surface area contributed by atoms with E-state index in [9.17, 15) is 21.6 Å². The second-order valence-electron chi connectivity index (χ2n) is 5.67. The van der Waals surface area contributed by atoms with Crippen LogP contribution in [-0.2, 0) is 10.0 Å². The Morgan fingerprint density at radius 3 is 2.36 bits per heavy atom. The number of rotatable bonds is 3. The lowest BCUT2D eigenvalue weighted by Crippen LogP contribution is -2.33. The lowest BCUT2D eigenvalue weighted by molar-refractivity contribution is 0.426. The number of nitrogens with zero attached hydrogens (tertiary/aromatic N) is 1. The molecule has 3 nitrogen and oxygen atoms in total. The van der Waals surface area contributed by atoms with Crippen LogP contribution in [0.15, 0.2) is 47.4 Å². The Kier molecular flexibility index (Phi) is 5.41. The molecule has 1 aliphatic heterocycles. The van der Waals surface area contributed by atoms with Crippen molar-refractivity contribution in [1.29, 1.82) is 0 Å². The minimum absolute atomic E-state index is 0.0225. The van der Waals surface area contributed by atoms with Crippen LogP contribution >= 0.6 is 11.8 Å². The first kappa shape index (κ1) is 18.3. The molecule has 1 saturated heterocycles. The molecule has 1 fully saturated rings. The molecule has 1 aliphatic rings. The topological polar surface area (TPSA) is 37.4 Å². The highest BCUT2D eigenvalue weighted by molar-refractivity contribution is 7.99. The van der Waals surface area contributed by atoms with Crippen molar-refractivity contribution in [2.45, 2.75) is 16.6 Å². The fourth-order valence-corrected chi connectivity index (χ4v) is 5.57. The zero-order valence-electron chi connectivity index (χ0n) is 13.2. The molecule has 0 N–H and O–H groups in total. The smallest absolute Gasteiger partial charge is 0.207 e. The quantitative estimate of drug-likeness (QED) is 0.800. The number of hydrogen-bond donors (Lipinski definition) is 0. The van der Waals surface area contributed by atoms with E-state index in [-0.39, 0.29) is 28.8 Å². The molecule has 1 heterocycles. The Hall–Kier alpha value is -1.51. The summed E-state index contributed by atoms with van der Waals surface area (Å²) >= 11 is 1.40. The molecule has 2 aromatic rings. The van der Waals surface area contributed by atoms with Gasteiger partial charge in [-0.3, -0.25) is 0 Å². The van der Waals surface area contributed by atoms with E-state index in [4.69, 9.17) is 0 Å². The zero-order chi connectivity index (χ0) is 18.0. The van der Waals surface area contributed by atoms with Gasteiger partial charge in [-0.05, 0) is 48.9 Å². The van der Waals surface area contributed by atoms with Gasteiger partial charge in [-0.1, -0.05) is 0 Å². The highest BCUT2D eigenvalue weighted by Crippen LogP contribution is 2.37. The third kappa shape index (κ3) is 4.02. The van der Waals surface area contributed by atoms with E-state index >= 15 is 0 Å². The first-order valence-electron chi connectivity index (χ1n) is 7.70. The third-order valence-electron chi connectivity index (χ3n) is 4.06. The van der Waals surface area contributed by atoms with Gasteiger partial charge in [-0.25, -0.2) is 21.6 Å². The van der Waals surface area contributed by atoms with E-state index in [1.54, 1.807) is 0 Å². The minimum atomic E-state index is -3.74. The van der Waals surface area contributed by atoms with Crippen LogP contribution in [0.2, 0.25) is 0 Å². The van der Waals surface area contributed by atoms with Crippen LogP contribution in [-0.4, -0.2) is 31.6 Å². The lowest BCUT2D eigenvalue weighted by Gasteiger charge is -2.20. The van der Waals surface area contributed by atoms with Crippen molar-refractivity contribution < 1.29 is 21.6 Å². The van der Waals surface area contributed by atoms with Gasteiger partial charge in [0.25, 0.3) is 0 Å². The molecule has 0 aromatic heterocycles. The Morgan fingerprint density at radius 2 is 1.64 bits per heavy atom. The minimum Gasteiger partial charge on any atom is -0.207 e. The molecule has 2 aromatic carbocycles. The molecule has 0 saturated carbocycles. The molecule has 0 spiro atoms. The molecule has 3 rings (SSSR count). The van der Waals surface area contributed by atoms with E-state index in [1.165, 1.54) is 28.2 Å². The number of hydrogen-bond acceptors (Lipinski definition) is 3. The molecule has 134 valence electrons. The van der Waals surface area contributed by atoms with Crippen LogP contribution in [0.5, 0.6) is 0 Å². The van der Waals surface area contributed by atoms with Crippen molar-refractivity contribution in [1.82, 2.24) is 4.31 Å². The van der Waals surface area contributed by atoms with E-state index in [2.05, 4.69) is 0 Å². The summed E-state index contributed by atoms with van der Waals surface area (Å²) in [5.41, 5.74) is 0.256. The Morgan fingerprint density at radius 1 is 0.960 bits per heavy atom. The summed E-state index contributed by atoms with van der Waals surface area (Å²) in [5.74, 6) is -1.06. The van der Waals surface area contributed by atoms with Crippen LogP contribution in [0.1, 0.15) is 17.2 Å². The van der Waals surface area contributed by atoms with Crippen molar-refractivity contribution in [3.8, 4) is 0 Å². The van der Waals surface area contributed by atoms with Crippen molar-refractivity contribution >= 4 is 21.8 Å². The van der Waals surface area contributed by atoms with Gasteiger partial charge in [0.15, 0.2) is 0 Å². The highest BCUT2D eigenvalue weighted by Gasteiger charge is 2.29. The maximum absolute atomic E-state index is 14.0. The summed E-state index contributed by atoms with van der Waals surface area (Å²) in [4.78, 5) is 0.0225. The molecule has 1 unspecified atom stereocenters. The molecule has 0 aliphatic carbocycles. The predicted octanol–water partition coefficient (Wildman–Crippen LogP) is 3.97. The van der Waals surface area contributed by atoms with Crippen molar-refractivity contribution in [2.24, 2.45) is 0 Å². The van der Waals surface area contributed by atoms with Gasteiger partial charge in [0.1, 0.15) is 17.5 Å². The molecule has 1 atom stereocenters. The molecule has 0 radical (unpaired) electrons. The van der Waals surface area contributed by atoms with Gasteiger partial charge in [0.05, 0.1) is 4.90 Å². The zero-order valence-corrected chi connectivity index (χ0v) is 14.8. The van der Waals surface area contributed by atoms with Crippen LogP contribution in [0.4, 0.5) is 13.2 Å². The van der Waals surface area contributed by atoms with Gasteiger partial charge >= 0.3 is 0 Å². The summed E-state index contributed by atoms with van der Waals surface area (Å²) in [5, 5.41) is -0.316. The van der Waals surface area contributed by atoms with Crippen LogP contribution in [0, 0.1) is 17.5 Å². The number of halogens is 3. The lowest BCUT2D eigenvalue weighted by atomic mass is 10.1. The van der Waals surface area contributed by atoms with E-state index < -0.39 is 27.5 Å². The van der Waals surface area contributed by atoms with Gasteiger partial charge in [-0.15, -0.1) is 0 Å². The van der Waals surface area contributed by atoms with Crippen molar-refractivity contribution in [3.05, 3.63) is 65.5 Å². The Bertz CT molecular complexity index is 857. The summed E-state index contributed by atoms with van der Waals surface area (Å²) < 4.78 is 67.1. The van der Waals surface area contributed by atoms with E-state index in [0.29, 0.717) is 12.2 Å². The summed E-state index contributed by atoms with van der Waals surface area (Å²) in [7, 11) is -3.74. The normalized spacial score (nSPS) is 19.6. The largest absolute Gasteiger partial charge is 0.243 e. The van der Waals surface area contributed by atoms with E-state index in [0.717, 1.165) is 30.3 Å². The SMILES string of the molecule is O=S(=O)(c1ccc(F)cc1)N1CCSC(c2cc(F)ccc2F)CC1. The molecular weight excluding hydrogens is 371 g/mol. The fraction of sp³-hybridized carbons (Fsp3) is 0.294. The highest BCUT2D eigenvalue weighted by atomic mass is 32.2. The maximum Gasteiger partial charge on any atom is 0.243 e. The maximum atomic E-state index is 14.0. The molecule has 25 heavy (non-hydrogen) atoms. The standard InChI is InChI=1S/C17H16F3NO2S2/c18-12-1-4-14(5-2-12)25(22,23)21-8-7-17(24-10-9-21)15-11-13(19)3-6-16(15)20/h1-6,11,17H,7-10H2. The number of sulfonamides is 1. The number of benzene rings is 2. The fourth-order valence-electron chi connectivity index (χ4n) is 2.76. The molecule has 0 amide bonds. The first-order chi connectivity index (χ1) is 11.9. The average molecular weight is 387 g/mol. The monoisotopic (exact) mass is 387 g/mol.